The van der Waals surface area contributed by atoms with Crippen molar-refractivity contribution in [1.29, 1.82) is 0 Å². The van der Waals surface area contributed by atoms with Gasteiger partial charge in [0.15, 0.2) is 0 Å². The normalized spacial score (nSPS) is 27.6. The summed E-state index contributed by atoms with van der Waals surface area (Å²) in [6, 6.07) is 0. The second-order valence-corrected chi connectivity index (χ2v) is 4.98. The van der Waals surface area contributed by atoms with E-state index in [2.05, 4.69) is 0 Å². The van der Waals surface area contributed by atoms with Gasteiger partial charge in [0.2, 0.25) is 11.8 Å². The number of hydrogen-bond donors (Lipinski definition) is 2. The monoisotopic (exact) mass is 225 g/mol. The minimum atomic E-state index is -0.327. The maximum Gasteiger partial charge on any atom is 0.230 e. The van der Waals surface area contributed by atoms with Gasteiger partial charge >= 0.3 is 0 Å². The molecule has 5 nitrogen and oxygen atoms in total. The van der Waals surface area contributed by atoms with E-state index in [0.717, 1.165) is 19.3 Å². The fourth-order valence-corrected chi connectivity index (χ4v) is 2.62. The first-order valence-electron chi connectivity index (χ1n) is 5.88. The predicted molar refractivity (Wildman–Crippen MR) is 59.2 cm³/mol. The van der Waals surface area contributed by atoms with Crippen LogP contribution in [-0.4, -0.2) is 36.3 Å². The first kappa shape index (κ1) is 11.4. The maximum atomic E-state index is 12.2. The molecule has 0 bridgehead atoms. The van der Waals surface area contributed by atoms with Crippen molar-refractivity contribution in [2.75, 3.05) is 19.6 Å². The molecule has 0 radical (unpaired) electrons. The van der Waals surface area contributed by atoms with Gasteiger partial charge in [0.1, 0.15) is 0 Å². The second-order valence-electron chi connectivity index (χ2n) is 4.98. The van der Waals surface area contributed by atoms with Crippen molar-refractivity contribution in [2.24, 2.45) is 22.8 Å². The Labute approximate surface area is 95.1 Å². The third-order valence-corrected chi connectivity index (χ3v) is 4.03. The minimum Gasteiger partial charge on any atom is -0.369 e. The Morgan fingerprint density at radius 3 is 2.44 bits per heavy atom. The van der Waals surface area contributed by atoms with Crippen molar-refractivity contribution in [3.8, 4) is 0 Å². The molecule has 0 aromatic carbocycles. The van der Waals surface area contributed by atoms with Gasteiger partial charge in [-0.05, 0) is 19.3 Å². The molecule has 1 saturated heterocycles. The lowest BCUT2D eigenvalue weighted by Gasteiger charge is -2.41. The molecule has 5 heteroatoms. The fraction of sp³-hybridized carbons (Fsp3) is 0.818. The lowest BCUT2D eigenvalue weighted by Crippen LogP contribution is -2.51. The minimum absolute atomic E-state index is 0.130. The first-order chi connectivity index (χ1) is 7.59. The van der Waals surface area contributed by atoms with Gasteiger partial charge in [0.05, 0.1) is 11.3 Å². The largest absolute Gasteiger partial charge is 0.369 e. The molecule has 1 aliphatic carbocycles. The number of amides is 2. The molecule has 0 aromatic rings. The number of rotatable bonds is 3. The van der Waals surface area contributed by atoms with Gasteiger partial charge in [-0.3, -0.25) is 9.59 Å². The molecule has 1 heterocycles. The highest BCUT2D eigenvalue weighted by Crippen LogP contribution is 2.42. The summed E-state index contributed by atoms with van der Waals surface area (Å²) in [6.45, 7) is 1.55. The standard InChI is InChI=1S/C11H19N3O2/c12-7-11(3-1-4-11)10(16)14-5-2-8(6-14)9(13)15/h8H,1-7,12H2,(H2,13,15). The SMILES string of the molecule is NCC1(C(=O)N2CCC(C(N)=O)C2)CCC1. The molecule has 4 N–H and O–H groups in total. The van der Waals surface area contributed by atoms with Gasteiger partial charge in [0.25, 0.3) is 0 Å². The Balaban J connectivity index is 1.99. The number of hydrogen-bond acceptors (Lipinski definition) is 3. The van der Waals surface area contributed by atoms with Gasteiger partial charge in [-0.1, -0.05) is 6.42 Å². The molecule has 2 fully saturated rings. The van der Waals surface area contributed by atoms with Crippen LogP contribution in [0.25, 0.3) is 0 Å². The number of nitrogens with two attached hydrogens (primary N) is 2. The molecule has 2 rings (SSSR count). The van der Waals surface area contributed by atoms with Gasteiger partial charge < -0.3 is 16.4 Å². The van der Waals surface area contributed by atoms with Crippen LogP contribution in [0.5, 0.6) is 0 Å². The number of carbonyl (C=O) groups excluding carboxylic acids is 2. The molecule has 1 saturated carbocycles. The van der Waals surface area contributed by atoms with E-state index in [4.69, 9.17) is 11.5 Å². The number of nitrogens with zero attached hydrogens (tertiary/aromatic N) is 1. The van der Waals surface area contributed by atoms with E-state index < -0.39 is 0 Å². The van der Waals surface area contributed by atoms with E-state index in [0.29, 0.717) is 26.1 Å². The van der Waals surface area contributed by atoms with Crippen LogP contribution in [0.1, 0.15) is 25.7 Å². The van der Waals surface area contributed by atoms with Crippen LogP contribution in [0, 0.1) is 11.3 Å². The summed E-state index contributed by atoms with van der Waals surface area (Å²) in [5.74, 6) is -0.338. The zero-order valence-electron chi connectivity index (χ0n) is 9.45. The average Bonchev–Trinajstić information content (AvgIpc) is 2.65. The van der Waals surface area contributed by atoms with Crippen molar-refractivity contribution < 1.29 is 9.59 Å². The lowest BCUT2D eigenvalue weighted by atomic mass is 9.68. The molecule has 1 aliphatic heterocycles. The van der Waals surface area contributed by atoms with E-state index in [1.54, 1.807) is 4.90 Å². The van der Waals surface area contributed by atoms with Crippen LogP contribution < -0.4 is 11.5 Å². The van der Waals surface area contributed by atoms with Gasteiger partial charge in [-0.25, -0.2) is 0 Å². The summed E-state index contributed by atoms with van der Waals surface area (Å²) in [4.78, 5) is 25.0. The summed E-state index contributed by atoms with van der Waals surface area (Å²) < 4.78 is 0. The zero-order valence-corrected chi connectivity index (χ0v) is 9.45. The van der Waals surface area contributed by atoms with Gasteiger partial charge in [0, 0.05) is 19.6 Å². The van der Waals surface area contributed by atoms with Crippen molar-refractivity contribution in [3.05, 3.63) is 0 Å². The molecule has 1 unspecified atom stereocenters. The zero-order chi connectivity index (χ0) is 11.8. The highest BCUT2D eigenvalue weighted by atomic mass is 16.2. The molecule has 2 amide bonds. The topological polar surface area (TPSA) is 89.4 Å². The quantitative estimate of drug-likeness (QED) is 0.675. The third-order valence-electron chi connectivity index (χ3n) is 4.03. The summed E-state index contributed by atoms with van der Waals surface area (Å²) in [7, 11) is 0. The van der Waals surface area contributed by atoms with E-state index in [1.807, 2.05) is 0 Å². The molecular formula is C11H19N3O2. The number of likely N-dealkylation sites (tertiary alicyclic amines) is 1. The van der Waals surface area contributed by atoms with E-state index in [1.165, 1.54) is 0 Å². The van der Waals surface area contributed by atoms with Crippen LogP contribution in [-0.2, 0) is 9.59 Å². The fourth-order valence-electron chi connectivity index (χ4n) is 2.62. The van der Waals surface area contributed by atoms with E-state index in [-0.39, 0.29) is 23.1 Å². The Morgan fingerprint density at radius 2 is 2.06 bits per heavy atom. The lowest BCUT2D eigenvalue weighted by molar-refractivity contribution is -0.145. The average molecular weight is 225 g/mol. The Morgan fingerprint density at radius 1 is 1.38 bits per heavy atom. The summed E-state index contributed by atoms with van der Waals surface area (Å²) in [5.41, 5.74) is 10.6. The summed E-state index contributed by atoms with van der Waals surface area (Å²) in [5, 5.41) is 0. The second kappa shape index (κ2) is 4.05. The first-order valence-corrected chi connectivity index (χ1v) is 5.88. The Hall–Kier alpha value is -1.10. The van der Waals surface area contributed by atoms with Crippen molar-refractivity contribution in [3.63, 3.8) is 0 Å². The smallest absolute Gasteiger partial charge is 0.230 e. The summed E-state index contributed by atoms with van der Waals surface area (Å²) in [6.07, 6.45) is 3.55. The Kier molecular flexibility index (Phi) is 2.88. The van der Waals surface area contributed by atoms with Crippen molar-refractivity contribution in [2.45, 2.75) is 25.7 Å². The number of carbonyl (C=O) groups is 2. The van der Waals surface area contributed by atoms with Crippen LogP contribution >= 0.6 is 0 Å². The van der Waals surface area contributed by atoms with Crippen LogP contribution in [0.3, 0.4) is 0 Å². The molecular weight excluding hydrogens is 206 g/mol. The van der Waals surface area contributed by atoms with Gasteiger partial charge in [-0.2, -0.15) is 0 Å². The molecule has 1 atom stereocenters. The van der Waals surface area contributed by atoms with E-state index >= 15 is 0 Å². The van der Waals surface area contributed by atoms with Crippen molar-refractivity contribution in [1.82, 2.24) is 4.90 Å². The third kappa shape index (κ3) is 1.69. The van der Waals surface area contributed by atoms with Crippen LogP contribution in [0.4, 0.5) is 0 Å². The molecule has 16 heavy (non-hydrogen) atoms. The van der Waals surface area contributed by atoms with Gasteiger partial charge in [-0.15, -0.1) is 0 Å². The van der Waals surface area contributed by atoms with E-state index in [9.17, 15) is 9.59 Å². The Bertz CT molecular complexity index is 307. The highest BCUT2D eigenvalue weighted by molar-refractivity contribution is 5.85. The van der Waals surface area contributed by atoms with Crippen LogP contribution in [0.15, 0.2) is 0 Å². The summed E-state index contributed by atoms with van der Waals surface area (Å²) >= 11 is 0. The van der Waals surface area contributed by atoms with Crippen molar-refractivity contribution >= 4 is 11.8 Å². The highest BCUT2D eigenvalue weighted by Gasteiger charge is 2.46. The molecule has 2 aliphatic rings. The number of primary amides is 1. The molecule has 0 spiro atoms. The predicted octanol–water partition coefficient (Wildman–Crippen LogP) is -0.551. The van der Waals surface area contributed by atoms with Crippen LogP contribution in [0.2, 0.25) is 0 Å². The molecule has 90 valence electrons. The molecule has 0 aromatic heterocycles. The maximum absolute atomic E-state index is 12.2.